The molecule has 10 heteroatoms. The van der Waals surface area contributed by atoms with Crippen molar-refractivity contribution in [1.29, 1.82) is 0 Å². The lowest BCUT2D eigenvalue weighted by atomic mass is 10.1. The van der Waals surface area contributed by atoms with Crippen LogP contribution in [0.25, 0.3) is 0 Å². The Balaban J connectivity index is 1.74. The van der Waals surface area contributed by atoms with Gasteiger partial charge in [-0.3, -0.25) is 9.59 Å². The SMILES string of the molecule is COC(=O)C1CCCN1C(=O)C(C)CSSCC(C)C(=O)N1CCCC1C(=O)OC. The maximum Gasteiger partial charge on any atom is 0.328 e. The minimum Gasteiger partial charge on any atom is -0.467 e. The highest BCUT2D eigenvalue weighted by atomic mass is 33.1. The molecule has 0 spiro atoms. The molecule has 0 aliphatic carbocycles. The summed E-state index contributed by atoms with van der Waals surface area (Å²) >= 11 is 0. The highest BCUT2D eigenvalue weighted by Crippen LogP contribution is 2.30. The molecule has 0 saturated carbocycles. The molecule has 0 bridgehead atoms. The van der Waals surface area contributed by atoms with Crippen LogP contribution in [0.3, 0.4) is 0 Å². The molecular weight excluding hydrogens is 428 g/mol. The Kier molecular flexibility index (Phi) is 9.80. The Labute approximate surface area is 186 Å². The molecule has 4 atom stereocenters. The molecule has 2 aliphatic heterocycles. The highest BCUT2D eigenvalue weighted by molar-refractivity contribution is 8.76. The van der Waals surface area contributed by atoms with Crippen molar-refractivity contribution >= 4 is 45.3 Å². The second kappa shape index (κ2) is 11.8. The first-order valence-corrected chi connectivity index (χ1v) is 12.8. The zero-order valence-electron chi connectivity index (χ0n) is 18.1. The standard InChI is InChI=1S/C20H32N2O6S2/c1-13(17(23)21-9-5-7-15(21)19(25)27-3)11-29-30-12-14(2)18(24)22-10-6-8-16(22)20(26)28-4/h13-16H,5-12H2,1-4H3. The number of rotatable bonds is 9. The number of hydrogen-bond acceptors (Lipinski definition) is 8. The summed E-state index contributed by atoms with van der Waals surface area (Å²) in [6.45, 7) is 4.90. The van der Waals surface area contributed by atoms with E-state index in [0.717, 1.165) is 12.8 Å². The van der Waals surface area contributed by atoms with E-state index in [0.29, 0.717) is 37.4 Å². The van der Waals surface area contributed by atoms with Crippen molar-refractivity contribution in [3.05, 3.63) is 0 Å². The van der Waals surface area contributed by atoms with E-state index in [-0.39, 0.29) is 35.6 Å². The molecule has 170 valence electrons. The van der Waals surface area contributed by atoms with Crippen LogP contribution in [-0.4, -0.2) is 84.5 Å². The predicted octanol–water partition coefficient (Wildman–Crippen LogP) is 1.97. The Morgan fingerprint density at radius 3 is 1.50 bits per heavy atom. The summed E-state index contributed by atoms with van der Waals surface area (Å²) in [7, 11) is 5.80. The van der Waals surface area contributed by atoms with Gasteiger partial charge in [0.1, 0.15) is 12.1 Å². The van der Waals surface area contributed by atoms with Gasteiger partial charge in [0.15, 0.2) is 0 Å². The smallest absolute Gasteiger partial charge is 0.328 e. The number of amides is 2. The fourth-order valence-corrected chi connectivity index (χ4v) is 6.52. The maximum atomic E-state index is 12.7. The number of carbonyl (C=O) groups excluding carboxylic acids is 4. The van der Waals surface area contributed by atoms with Gasteiger partial charge in [0.25, 0.3) is 0 Å². The van der Waals surface area contributed by atoms with Crippen LogP contribution in [-0.2, 0) is 28.7 Å². The van der Waals surface area contributed by atoms with E-state index in [9.17, 15) is 19.2 Å². The Hall–Kier alpha value is -1.42. The lowest BCUT2D eigenvalue weighted by molar-refractivity contribution is -0.152. The van der Waals surface area contributed by atoms with Gasteiger partial charge in [0.2, 0.25) is 11.8 Å². The van der Waals surface area contributed by atoms with Crippen LogP contribution in [0.15, 0.2) is 0 Å². The highest BCUT2D eigenvalue weighted by Gasteiger charge is 2.37. The minimum atomic E-state index is -0.469. The molecule has 8 nitrogen and oxygen atoms in total. The number of ether oxygens (including phenoxy) is 2. The summed E-state index contributed by atoms with van der Waals surface area (Å²) < 4.78 is 9.61. The Bertz CT molecular complexity index is 593. The molecule has 2 rings (SSSR count). The summed E-state index contributed by atoms with van der Waals surface area (Å²) in [5.74, 6) is -0.00502. The van der Waals surface area contributed by atoms with Gasteiger partial charge >= 0.3 is 11.9 Å². The third-order valence-electron chi connectivity index (χ3n) is 5.58. The quantitative estimate of drug-likeness (QED) is 0.293. The number of carbonyl (C=O) groups is 4. The van der Waals surface area contributed by atoms with Crippen LogP contribution in [0.4, 0.5) is 0 Å². The lowest BCUT2D eigenvalue weighted by Crippen LogP contribution is -2.44. The van der Waals surface area contributed by atoms with E-state index in [1.807, 2.05) is 13.8 Å². The number of methoxy groups -OCH3 is 2. The van der Waals surface area contributed by atoms with Crippen molar-refractivity contribution in [2.45, 2.75) is 51.6 Å². The Morgan fingerprint density at radius 2 is 1.17 bits per heavy atom. The molecule has 0 radical (unpaired) electrons. The molecule has 2 heterocycles. The first-order chi connectivity index (χ1) is 14.3. The number of esters is 2. The third-order valence-corrected chi connectivity index (χ3v) is 8.34. The van der Waals surface area contributed by atoms with Crippen molar-refractivity contribution in [1.82, 2.24) is 9.80 Å². The normalized spacial score (nSPS) is 23.2. The zero-order valence-corrected chi connectivity index (χ0v) is 19.8. The van der Waals surface area contributed by atoms with Gasteiger partial charge in [-0.15, -0.1) is 0 Å². The molecule has 4 unspecified atom stereocenters. The molecule has 2 fully saturated rings. The fraction of sp³-hybridized carbons (Fsp3) is 0.800. The van der Waals surface area contributed by atoms with E-state index in [4.69, 9.17) is 9.47 Å². The number of nitrogens with zero attached hydrogens (tertiary/aromatic N) is 2. The molecule has 0 aromatic heterocycles. The molecule has 2 saturated heterocycles. The molecular formula is C20H32N2O6S2. The third kappa shape index (κ3) is 6.06. The van der Waals surface area contributed by atoms with Crippen molar-refractivity contribution in [3.8, 4) is 0 Å². The number of likely N-dealkylation sites (tertiary alicyclic amines) is 2. The van der Waals surface area contributed by atoms with Crippen LogP contribution in [0.1, 0.15) is 39.5 Å². The minimum absolute atomic E-state index is 0.0295. The largest absolute Gasteiger partial charge is 0.467 e. The van der Waals surface area contributed by atoms with Gasteiger partial charge in [-0.2, -0.15) is 0 Å². The average molecular weight is 461 g/mol. The summed E-state index contributed by atoms with van der Waals surface area (Å²) in [5, 5.41) is 0. The van der Waals surface area contributed by atoms with Crippen molar-refractivity contribution in [3.63, 3.8) is 0 Å². The van der Waals surface area contributed by atoms with Crippen molar-refractivity contribution in [2.75, 3.05) is 38.8 Å². The van der Waals surface area contributed by atoms with Crippen molar-refractivity contribution in [2.24, 2.45) is 11.8 Å². The predicted molar refractivity (Wildman–Crippen MR) is 117 cm³/mol. The maximum absolute atomic E-state index is 12.7. The second-order valence-electron chi connectivity index (χ2n) is 7.80. The van der Waals surface area contributed by atoms with Gasteiger partial charge in [-0.1, -0.05) is 35.4 Å². The van der Waals surface area contributed by atoms with Gasteiger partial charge in [0.05, 0.1) is 14.2 Å². The summed E-state index contributed by atoms with van der Waals surface area (Å²) in [5.41, 5.74) is 0. The Morgan fingerprint density at radius 1 is 0.800 bits per heavy atom. The summed E-state index contributed by atoms with van der Waals surface area (Å²) in [6, 6.07) is -0.938. The van der Waals surface area contributed by atoms with Crippen LogP contribution < -0.4 is 0 Å². The average Bonchev–Trinajstić information content (AvgIpc) is 3.43. The number of hydrogen-bond donors (Lipinski definition) is 0. The van der Waals surface area contributed by atoms with Gasteiger partial charge in [-0.25, -0.2) is 9.59 Å². The lowest BCUT2D eigenvalue weighted by Gasteiger charge is -2.26. The molecule has 30 heavy (non-hydrogen) atoms. The van der Waals surface area contributed by atoms with Crippen LogP contribution in [0, 0.1) is 11.8 Å². The fourth-order valence-electron chi connectivity index (χ4n) is 3.83. The zero-order chi connectivity index (χ0) is 22.3. The summed E-state index contributed by atoms with van der Waals surface area (Å²) in [6.07, 6.45) is 2.91. The van der Waals surface area contributed by atoms with E-state index in [1.165, 1.54) is 14.2 Å². The van der Waals surface area contributed by atoms with Gasteiger partial charge in [-0.05, 0) is 25.7 Å². The van der Waals surface area contributed by atoms with E-state index in [2.05, 4.69) is 0 Å². The second-order valence-corrected chi connectivity index (χ2v) is 10.3. The monoisotopic (exact) mass is 460 g/mol. The molecule has 2 amide bonds. The topological polar surface area (TPSA) is 93.2 Å². The van der Waals surface area contributed by atoms with Gasteiger partial charge < -0.3 is 19.3 Å². The first-order valence-electron chi connectivity index (χ1n) is 10.3. The van der Waals surface area contributed by atoms with E-state index < -0.39 is 12.1 Å². The van der Waals surface area contributed by atoms with Crippen LogP contribution in [0.5, 0.6) is 0 Å². The molecule has 2 aliphatic rings. The molecule has 0 N–H and O–H groups in total. The van der Waals surface area contributed by atoms with E-state index >= 15 is 0 Å². The summed E-state index contributed by atoms with van der Waals surface area (Å²) in [4.78, 5) is 52.4. The van der Waals surface area contributed by atoms with Crippen LogP contribution >= 0.6 is 21.6 Å². The van der Waals surface area contributed by atoms with Crippen LogP contribution in [0.2, 0.25) is 0 Å². The van der Waals surface area contributed by atoms with Crippen molar-refractivity contribution < 1.29 is 28.7 Å². The molecule has 0 aromatic rings. The van der Waals surface area contributed by atoms with E-state index in [1.54, 1.807) is 31.4 Å². The van der Waals surface area contributed by atoms with Gasteiger partial charge in [0, 0.05) is 36.4 Å². The molecule has 0 aromatic carbocycles. The first kappa shape index (κ1) is 24.8.